The molecule has 3 aromatic heterocycles. The second kappa shape index (κ2) is 9.46. The number of hydrogen-bond donors (Lipinski definition) is 3. The van der Waals surface area contributed by atoms with Gasteiger partial charge in [0.15, 0.2) is 10.8 Å². The van der Waals surface area contributed by atoms with E-state index in [4.69, 9.17) is 17.3 Å². The Bertz CT molecular complexity index is 1640. The monoisotopic (exact) mass is 512 g/mol. The number of nitrogens with one attached hydrogen (secondary N) is 1. The van der Waals surface area contributed by atoms with E-state index in [2.05, 4.69) is 26.4 Å². The maximum Gasteiger partial charge on any atom is 0.269 e. The Balaban J connectivity index is 1.43. The summed E-state index contributed by atoms with van der Waals surface area (Å²) in [6.45, 7) is 0. The van der Waals surface area contributed by atoms with Gasteiger partial charge in [0.1, 0.15) is 0 Å². The Hall–Kier alpha value is -4.01. The fourth-order valence-electron chi connectivity index (χ4n) is 5.10. The molecule has 1 aliphatic carbocycles. The molecule has 5 aromatic rings. The molecule has 0 atom stereocenters. The van der Waals surface area contributed by atoms with E-state index in [-0.39, 0.29) is 17.8 Å². The molecule has 0 aliphatic heterocycles. The number of fused-ring (bicyclic) bond motifs is 2. The van der Waals surface area contributed by atoms with Crippen LogP contribution in [0.15, 0.2) is 67.0 Å². The van der Waals surface area contributed by atoms with Gasteiger partial charge in [-0.2, -0.15) is 5.10 Å². The van der Waals surface area contributed by atoms with Gasteiger partial charge < -0.3 is 16.2 Å². The highest BCUT2D eigenvalue weighted by molar-refractivity contribution is 6.35. The lowest BCUT2D eigenvalue weighted by Crippen LogP contribution is -2.29. The van der Waals surface area contributed by atoms with Gasteiger partial charge in [0.25, 0.3) is 5.91 Å². The first kappa shape index (κ1) is 23.4. The van der Waals surface area contributed by atoms with Crippen LogP contribution in [-0.2, 0) is 0 Å². The van der Waals surface area contributed by atoms with Crippen LogP contribution in [0.4, 0.5) is 5.69 Å². The van der Waals surface area contributed by atoms with Gasteiger partial charge in [0, 0.05) is 28.6 Å². The van der Waals surface area contributed by atoms with Gasteiger partial charge in [-0.15, -0.1) is 0 Å². The zero-order chi connectivity index (χ0) is 25.5. The Labute approximate surface area is 218 Å². The van der Waals surface area contributed by atoms with Gasteiger partial charge in [-0.1, -0.05) is 41.9 Å². The van der Waals surface area contributed by atoms with Crippen molar-refractivity contribution in [3.05, 3.63) is 77.8 Å². The molecular weight excluding hydrogens is 488 g/mol. The number of rotatable bonds is 5. The molecule has 0 unspecified atom stereocenters. The van der Waals surface area contributed by atoms with Gasteiger partial charge >= 0.3 is 0 Å². The second-order valence-electron chi connectivity index (χ2n) is 9.42. The number of carbonyl (C=O) groups excluding carboxylic acids is 1. The van der Waals surface area contributed by atoms with Crippen LogP contribution in [-0.4, -0.2) is 42.9 Å². The Morgan fingerprint density at radius 2 is 1.84 bits per heavy atom. The van der Waals surface area contributed by atoms with E-state index in [0.717, 1.165) is 45.8 Å². The quantitative estimate of drug-likeness (QED) is 0.301. The van der Waals surface area contributed by atoms with E-state index in [0.29, 0.717) is 29.4 Å². The number of primary amides is 1. The number of amides is 1. The van der Waals surface area contributed by atoms with Gasteiger partial charge in [0.05, 0.1) is 34.7 Å². The van der Waals surface area contributed by atoms with Crippen LogP contribution in [0.2, 0.25) is 5.15 Å². The third kappa shape index (κ3) is 4.39. The van der Waals surface area contributed by atoms with E-state index in [1.807, 2.05) is 54.7 Å². The molecule has 1 amide bonds. The number of halogens is 1. The van der Waals surface area contributed by atoms with Crippen molar-refractivity contribution in [1.29, 1.82) is 0 Å². The number of aliphatic hydroxyl groups is 1. The minimum atomic E-state index is -0.612. The number of nitrogens with zero attached hydrogens (tertiary/aromatic N) is 4. The number of benzene rings is 2. The number of aliphatic hydroxyl groups excluding tert-OH is 1. The maximum atomic E-state index is 12.1. The van der Waals surface area contributed by atoms with E-state index in [1.165, 1.54) is 0 Å². The van der Waals surface area contributed by atoms with Crippen molar-refractivity contribution in [3.63, 3.8) is 0 Å². The van der Waals surface area contributed by atoms with Crippen LogP contribution in [0.25, 0.3) is 38.6 Å². The molecular formula is C28H25ClN6O2. The van der Waals surface area contributed by atoms with Crippen molar-refractivity contribution in [2.24, 2.45) is 5.73 Å². The second-order valence-corrected chi connectivity index (χ2v) is 9.78. The smallest absolute Gasteiger partial charge is 0.269 e. The highest BCUT2D eigenvalue weighted by atomic mass is 35.5. The normalized spacial score (nSPS) is 17.8. The summed E-state index contributed by atoms with van der Waals surface area (Å²) in [5, 5.41) is 20.1. The Kier molecular flexibility index (Phi) is 5.98. The average molecular weight is 513 g/mol. The van der Waals surface area contributed by atoms with E-state index >= 15 is 0 Å². The fourth-order valence-corrected chi connectivity index (χ4v) is 5.37. The lowest BCUT2D eigenvalue weighted by molar-refractivity contribution is 0.0995. The van der Waals surface area contributed by atoms with Crippen LogP contribution in [0.3, 0.4) is 0 Å². The first-order valence-electron chi connectivity index (χ1n) is 12.2. The fraction of sp³-hybridized carbons (Fsp3) is 0.214. The molecule has 0 radical (unpaired) electrons. The molecule has 8 nitrogen and oxygen atoms in total. The topological polar surface area (TPSA) is 119 Å². The molecule has 0 bridgehead atoms. The van der Waals surface area contributed by atoms with Gasteiger partial charge in [-0.05, 0) is 55.5 Å². The van der Waals surface area contributed by atoms with E-state index in [9.17, 15) is 9.90 Å². The molecule has 2 aromatic carbocycles. The molecule has 3 heterocycles. The largest absolute Gasteiger partial charge is 0.393 e. The molecule has 0 spiro atoms. The SMILES string of the molecule is NC(=O)c1ncc(-n2nc(Cl)c3c(-c4cnc5ccccc5c4)cccc32)cc1N[C@H]1CC[C@H](O)CC1. The Morgan fingerprint density at radius 1 is 1.03 bits per heavy atom. The predicted molar refractivity (Wildman–Crippen MR) is 145 cm³/mol. The van der Waals surface area contributed by atoms with Crippen molar-refractivity contribution >= 4 is 45.0 Å². The molecule has 1 fully saturated rings. The summed E-state index contributed by atoms with van der Waals surface area (Å²) in [5.41, 5.74) is 10.6. The van der Waals surface area contributed by atoms with Crippen molar-refractivity contribution in [3.8, 4) is 16.8 Å². The van der Waals surface area contributed by atoms with Gasteiger partial charge in [-0.25, -0.2) is 9.67 Å². The minimum absolute atomic E-state index is 0.114. The van der Waals surface area contributed by atoms with Crippen molar-refractivity contribution in [2.45, 2.75) is 37.8 Å². The number of anilines is 1. The lowest BCUT2D eigenvalue weighted by atomic mass is 9.93. The zero-order valence-corrected chi connectivity index (χ0v) is 20.7. The summed E-state index contributed by atoms with van der Waals surface area (Å²) in [4.78, 5) is 21.1. The third-order valence-corrected chi connectivity index (χ3v) is 7.24. The van der Waals surface area contributed by atoms with E-state index in [1.54, 1.807) is 10.9 Å². The summed E-state index contributed by atoms with van der Waals surface area (Å²) in [7, 11) is 0. The van der Waals surface area contributed by atoms with Crippen LogP contribution < -0.4 is 11.1 Å². The zero-order valence-electron chi connectivity index (χ0n) is 19.9. The number of hydrogen-bond acceptors (Lipinski definition) is 6. The number of pyridine rings is 2. The minimum Gasteiger partial charge on any atom is -0.393 e. The highest BCUT2D eigenvalue weighted by Crippen LogP contribution is 2.36. The predicted octanol–water partition coefficient (Wildman–Crippen LogP) is 5.10. The van der Waals surface area contributed by atoms with Gasteiger partial charge in [-0.3, -0.25) is 9.78 Å². The summed E-state index contributed by atoms with van der Waals surface area (Å²) in [6.07, 6.45) is 6.15. The molecule has 1 saturated carbocycles. The highest BCUT2D eigenvalue weighted by Gasteiger charge is 2.23. The maximum absolute atomic E-state index is 12.1. The van der Waals surface area contributed by atoms with Crippen molar-refractivity contribution < 1.29 is 9.90 Å². The summed E-state index contributed by atoms with van der Waals surface area (Å²) in [5.74, 6) is -0.612. The Morgan fingerprint density at radius 3 is 2.65 bits per heavy atom. The molecule has 4 N–H and O–H groups in total. The lowest BCUT2D eigenvalue weighted by Gasteiger charge is -2.27. The van der Waals surface area contributed by atoms with Crippen LogP contribution in [0, 0.1) is 0 Å². The standard InChI is InChI=1S/C28H25ClN6O2/c29-27-25-21(17-12-16-4-1-2-6-22(16)31-14-17)5-3-7-24(25)35(34-27)19-13-23(26(28(30)37)32-15-19)33-18-8-10-20(36)11-9-18/h1-7,12-15,18,20,33,36H,8-11H2,(H2,30,37)/t18-,20-. The summed E-state index contributed by atoms with van der Waals surface area (Å²) < 4.78 is 1.73. The van der Waals surface area contributed by atoms with Crippen LogP contribution in [0.1, 0.15) is 36.2 Å². The molecule has 186 valence electrons. The average Bonchev–Trinajstić information content (AvgIpc) is 3.26. The molecule has 1 aliphatic rings. The number of para-hydroxylation sites is 1. The van der Waals surface area contributed by atoms with E-state index < -0.39 is 5.91 Å². The van der Waals surface area contributed by atoms with Crippen LogP contribution >= 0.6 is 11.6 Å². The first-order valence-corrected chi connectivity index (χ1v) is 12.6. The van der Waals surface area contributed by atoms with Crippen molar-refractivity contribution in [1.82, 2.24) is 19.7 Å². The van der Waals surface area contributed by atoms with Gasteiger partial charge in [0.2, 0.25) is 0 Å². The molecule has 9 heteroatoms. The summed E-state index contributed by atoms with van der Waals surface area (Å²) >= 11 is 6.71. The third-order valence-electron chi connectivity index (χ3n) is 6.97. The van der Waals surface area contributed by atoms with Crippen molar-refractivity contribution in [2.75, 3.05) is 5.32 Å². The molecule has 37 heavy (non-hydrogen) atoms. The number of aromatic nitrogens is 4. The first-order chi connectivity index (χ1) is 18.0. The number of carbonyl (C=O) groups is 1. The van der Waals surface area contributed by atoms with Crippen LogP contribution in [0.5, 0.6) is 0 Å². The summed E-state index contributed by atoms with van der Waals surface area (Å²) in [6, 6.07) is 17.9. The number of nitrogens with two attached hydrogens (primary N) is 1. The molecule has 0 saturated heterocycles. The molecule has 6 rings (SSSR count).